The molecule has 1 fully saturated rings. The minimum Gasteiger partial charge on any atom is -0.492 e. The Kier molecular flexibility index (Phi) is 7.05. The van der Waals surface area contributed by atoms with Crippen molar-refractivity contribution in [1.82, 2.24) is 0 Å². The quantitative estimate of drug-likeness (QED) is 0.876. The average Bonchev–Trinajstić information content (AvgIpc) is 2.92. The van der Waals surface area contributed by atoms with Crippen LogP contribution in [-0.4, -0.2) is 30.1 Å². The van der Waals surface area contributed by atoms with E-state index >= 15 is 0 Å². The zero-order valence-corrected chi connectivity index (χ0v) is 12.3. The topological polar surface area (TPSA) is 64.3 Å². The van der Waals surface area contributed by atoms with Crippen LogP contribution in [0.3, 0.4) is 0 Å². The van der Waals surface area contributed by atoms with Gasteiger partial charge in [-0.05, 0) is 42.9 Å². The highest BCUT2D eigenvalue weighted by molar-refractivity contribution is 8.00. The highest BCUT2D eigenvalue weighted by Crippen LogP contribution is 2.27. The van der Waals surface area contributed by atoms with Gasteiger partial charge in [0.05, 0.1) is 5.25 Å². The molecule has 1 aromatic carbocycles. The average molecular weight is 303 g/mol. The van der Waals surface area contributed by atoms with Gasteiger partial charge in [0, 0.05) is 12.2 Å². The summed E-state index contributed by atoms with van der Waals surface area (Å²) in [6, 6.07) is 7.38. The summed E-state index contributed by atoms with van der Waals surface area (Å²) in [5, 5.41) is 3.04. The van der Waals surface area contributed by atoms with Crippen LogP contribution >= 0.6 is 24.2 Å². The van der Waals surface area contributed by atoms with E-state index in [1.54, 1.807) is 11.8 Å². The Morgan fingerprint density at radius 3 is 2.74 bits per heavy atom. The first-order chi connectivity index (χ1) is 8.79. The monoisotopic (exact) mass is 302 g/mol. The van der Waals surface area contributed by atoms with Crippen molar-refractivity contribution in [2.45, 2.75) is 18.1 Å². The van der Waals surface area contributed by atoms with Crippen LogP contribution in [0.1, 0.15) is 12.8 Å². The van der Waals surface area contributed by atoms with Crippen LogP contribution in [0.2, 0.25) is 0 Å². The summed E-state index contributed by atoms with van der Waals surface area (Å²) < 4.78 is 5.37. The van der Waals surface area contributed by atoms with Crippen molar-refractivity contribution in [3.63, 3.8) is 0 Å². The number of amides is 1. The Morgan fingerprint density at radius 1 is 1.42 bits per heavy atom. The molecule has 2 rings (SSSR count). The van der Waals surface area contributed by atoms with Gasteiger partial charge in [-0.1, -0.05) is 0 Å². The second-order valence-corrected chi connectivity index (χ2v) is 5.46. The Hall–Kier alpha value is -0.910. The van der Waals surface area contributed by atoms with E-state index in [9.17, 15) is 4.79 Å². The number of nitrogens with two attached hydrogens (primary N) is 1. The molecule has 1 unspecified atom stereocenters. The summed E-state index contributed by atoms with van der Waals surface area (Å²) in [5.74, 6) is 1.96. The first-order valence-electron chi connectivity index (χ1n) is 6.15. The Balaban J connectivity index is 0.00000180. The van der Waals surface area contributed by atoms with Crippen molar-refractivity contribution in [3.8, 4) is 5.75 Å². The Bertz CT molecular complexity index is 394. The summed E-state index contributed by atoms with van der Waals surface area (Å²) in [6.07, 6.45) is 2.11. The molecule has 0 spiro atoms. The van der Waals surface area contributed by atoms with E-state index in [4.69, 9.17) is 10.5 Å². The van der Waals surface area contributed by atoms with Gasteiger partial charge in [0.2, 0.25) is 5.91 Å². The van der Waals surface area contributed by atoms with Crippen molar-refractivity contribution in [1.29, 1.82) is 0 Å². The number of thioether (sulfide) groups is 1. The normalized spacial score (nSPS) is 17.6. The fourth-order valence-electron chi connectivity index (χ4n) is 1.82. The molecule has 1 aliphatic rings. The highest BCUT2D eigenvalue weighted by Gasteiger charge is 2.23. The molecule has 0 bridgehead atoms. The van der Waals surface area contributed by atoms with Crippen molar-refractivity contribution < 1.29 is 9.53 Å². The molecule has 1 heterocycles. The van der Waals surface area contributed by atoms with Crippen LogP contribution in [0.25, 0.3) is 0 Å². The molecule has 0 radical (unpaired) electrons. The Morgan fingerprint density at radius 2 is 2.16 bits per heavy atom. The van der Waals surface area contributed by atoms with Crippen molar-refractivity contribution in [3.05, 3.63) is 24.3 Å². The third-order valence-electron chi connectivity index (χ3n) is 2.73. The van der Waals surface area contributed by atoms with Crippen LogP contribution in [0.5, 0.6) is 5.75 Å². The van der Waals surface area contributed by atoms with Crippen LogP contribution in [0, 0.1) is 0 Å². The molecular weight excluding hydrogens is 284 g/mol. The summed E-state index contributed by atoms with van der Waals surface area (Å²) in [6.45, 7) is 1.00. The number of nitrogens with one attached hydrogen (secondary N) is 1. The maximum atomic E-state index is 11.9. The predicted molar refractivity (Wildman–Crippen MR) is 82.3 cm³/mol. The first-order valence-corrected chi connectivity index (χ1v) is 7.20. The van der Waals surface area contributed by atoms with Crippen molar-refractivity contribution in [2.24, 2.45) is 5.73 Å². The molecule has 1 aromatic rings. The zero-order valence-electron chi connectivity index (χ0n) is 10.6. The number of anilines is 1. The lowest BCUT2D eigenvalue weighted by Crippen LogP contribution is -2.22. The van der Waals surface area contributed by atoms with E-state index in [0.717, 1.165) is 30.0 Å². The second kappa shape index (κ2) is 8.30. The third-order valence-corrected chi connectivity index (χ3v) is 4.11. The SMILES string of the molecule is Cl.NCCOc1ccc(NC(=O)C2CCCS2)cc1. The van der Waals surface area contributed by atoms with E-state index in [2.05, 4.69) is 5.32 Å². The molecule has 1 atom stereocenters. The van der Waals surface area contributed by atoms with E-state index < -0.39 is 0 Å². The van der Waals surface area contributed by atoms with Crippen LogP contribution in [0.4, 0.5) is 5.69 Å². The summed E-state index contributed by atoms with van der Waals surface area (Å²) >= 11 is 1.73. The van der Waals surface area contributed by atoms with E-state index in [1.807, 2.05) is 24.3 Å². The standard InChI is InChI=1S/C13H18N2O2S.ClH/c14-7-8-17-11-5-3-10(4-6-11)15-13(16)12-2-1-9-18-12;/h3-6,12H,1-2,7-9,14H2,(H,15,16);1H. The fourth-order valence-corrected chi connectivity index (χ4v) is 2.98. The molecule has 106 valence electrons. The number of hydrogen-bond donors (Lipinski definition) is 2. The molecule has 6 heteroatoms. The van der Waals surface area contributed by atoms with Gasteiger partial charge in [-0.3, -0.25) is 4.79 Å². The van der Waals surface area contributed by atoms with Crippen LogP contribution in [-0.2, 0) is 4.79 Å². The van der Waals surface area contributed by atoms with Crippen LogP contribution < -0.4 is 15.8 Å². The zero-order chi connectivity index (χ0) is 12.8. The lowest BCUT2D eigenvalue weighted by Gasteiger charge is -2.10. The minimum atomic E-state index is 0. The Labute approximate surface area is 123 Å². The maximum absolute atomic E-state index is 11.9. The van der Waals surface area contributed by atoms with Gasteiger partial charge in [0.1, 0.15) is 12.4 Å². The van der Waals surface area contributed by atoms with Gasteiger partial charge in [0.15, 0.2) is 0 Å². The van der Waals surface area contributed by atoms with Gasteiger partial charge in [0.25, 0.3) is 0 Å². The van der Waals surface area contributed by atoms with E-state index in [0.29, 0.717) is 13.2 Å². The molecule has 0 aliphatic carbocycles. The third kappa shape index (κ3) is 4.93. The summed E-state index contributed by atoms with van der Waals surface area (Å²) in [5.41, 5.74) is 6.17. The molecule has 0 saturated carbocycles. The van der Waals surface area contributed by atoms with Gasteiger partial charge < -0.3 is 15.8 Å². The number of rotatable bonds is 5. The molecule has 1 aliphatic heterocycles. The molecule has 3 N–H and O–H groups in total. The maximum Gasteiger partial charge on any atom is 0.237 e. The van der Waals surface area contributed by atoms with Gasteiger partial charge >= 0.3 is 0 Å². The molecular formula is C13H19ClN2O2S. The fraction of sp³-hybridized carbons (Fsp3) is 0.462. The predicted octanol–water partition coefficient (Wildman–Crippen LogP) is 2.28. The lowest BCUT2D eigenvalue weighted by molar-refractivity contribution is -0.115. The minimum absolute atomic E-state index is 0. The van der Waals surface area contributed by atoms with Crippen LogP contribution in [0.15, 0.2) is 24.3 Å². The highest BCUT2D eigenvalue weighted by atomic mass is 35.5. The van der Waals surface area contributed by atoms with Gasteiger partial charge in [-0.2, -0.15) is 0 Å². The summed E-state index contributed by atoms with van der Waals surface area (Å²) in [4.78, 5) is 11.9. The van der Waals surface area contributed by atoms with E-state index in [-0.39, 0.29) is 23.6 Å². The first kappa shape index (κ1) is 16.1. The number of halogens is 1. The molecule has 4 nitrogen and oxygen atoms in total. The largest absolute Gasteiger partial charge is 0.492 e. The molecule has 0 aromatic heterocycles. The number of carbonyl (C=O) groups is 1. The number of ether oxygens (including phenoxy) is 1. The number of carbonyl (C=O) groups excluding carboxylic acids is 1. The molecule has 1 saturated heterocycles. The number of benzene rings is 1. The second-order valence-electron chi connectivity index (χ2n) is 4.15. The van der Waals surface area contributed by atoms with Gasteiger partial charge in [-0.25, -0.2) is 0 Å². The molecule has 1 amide bonds. The lowest BCUT2D eigenvalue weighted by atomic mass is 10.2. The van der Waals surface area contributed by atoms with E-state index in [1.165, 1.54) is 0 Å². The van der Waals surface area contributed by atoms with Crippen molar-refractivity contribution >= 4 is 35.8 Å². The summed E-state index contributed by atoms with van der Waals surface area (Å²) in [7, 11) is 0. The van der Waals surface area contributed by atoms with Crippen molar-refractivity contribution in [2.75, 3.05) is 24.2 Å². The van der Waals surface area contributed by atoms with Gasteiger partial charge in [-0.15, -0.1) is 24.2 Å². The smallest absolute Gasteiger partial charge is 0.237 e. The number of hydrogen-bond acceptors (Lipinski definition) is 4. The molecule has 19 heavy (non-hydrogen) atoms.